The Hall–Kier alpha value is -1.63. The first-order chi connectivity index (χ1) is 8.75. The van der Waals surface area contributed by atoms with Crippen LogP contribution in [0.2, 0.25) is 0 Å². The van der Waals surface area contributed by atoms with Crippen LogP contribution in [0.4, 0.5) is 17.6 Å². The van der Waals surface area contributed by atoms with Gasteiger partial charge in [0.15, 0.2) is 0 Å². The van der Waals surface area contributed by atoms with Gasteiger partial charge in [-0.05, 0) is 24.6 Å². The molecule has 1 atom stereocenters. The maximum absolute atomic E-state index is 13.2. The fraction of sp³-hybridized carbons (Fsp3) is 0.417. The minimum absolute atomic E-state index is 0.112. The van der Waals surface area contributed by atoms with E-state index in [4.69, 9.17) is 0 Å². The summed E-state index contributed by atoms with van der Waals surface area (Å²) in [5.41, 5.74) is -1.53. The second-order valence-corrected chi connectivity index (χ2v) is 3.76. The number of ether oxygens (including phenoxy) is 1. The molecule has 1 unspecified atom stereocenters. The number of hydrogen-bond acceptors (Lipinski definition) is 3. The minimum atomic E-state index is -4.80. The second-order valence-electron chi connectivity index (χ2n) is 3.76. The molecular weight excluding hydrogens is 268 g/mol. The zero-order chi connectivity index (χ0) is 14.6. The highest BCUT2D eigenvalue weighted by atomic mass is 19.4. The Balaban J connectivity index is 2.86. The number of halogens is 4. The molecule has 0 saturated heterocycles. The molecule has 1 N–H and O–H groups in total. The fourth-order valence-electron chi connectivity index (χ4n) is 1.46. The van der Waals surface area contributed by atoms with Gasteiger partial charge in [0.05, 0.1) is 24.7 Å². The number of carbonyl (C=O) groups excluding carboxylic acids is 1. The summed E-state index contributed by atoms with van der Waals surface area (Å²) < 4.78 is 54.8. The van der Waals surface area contributed by atoms with E-state index in [1.54, 1.807) is 6.92 Å². The summed E-state index contributed by atoms with van der Waals surface area (Å²) in [6, 6.07) is 2.02. The van der Waals surface area contributed by atoms with Gasteiger partial charge in [0.25, 0.3) is 0 Å². The maximum Gasteiger partial charge on any atom is 0.419 e. The van der Waals surface area contributed by atoms with Gasteiger partial charge in [-0.15, -0.1) is 0 Å². The van der Waals surface area contributed by atoms with Crippen molar-refractivity contribution in [3.8, 4) is 0 Å². The van der Waals surface area contributed by atoms with Crippen molar-refractivity contribution in [1.82, 2.24) is 0 Å². The highest BCUT2D eigenvalue weighted by molar-refractivity contribution is 5.70. The molecule has 106 valence electrons. The van der Waals surface area contributed by atoms with Gasteiger partial charge in [0.2, 0.25) is 0 Å². The molecule has 3 nitrogen and oxygen atoms in total. The summed E-state index contributed by atoms with van der Waals surface area (Å²) in [4.78, 5) is 11.1. The van der Waals surface area contributed by atoms with E-state index in [1.807, 2.05) is 0 Å². The van der Waals surface area contributed by atoms with Gasteiger partial charge in [-0.1, -0.05) is 6.07 Å². The lowest BCUT2D eigenvalue weighted by Crippen LogP contribution is -2.12. The summed E-state index contributed by atoms with van der Waals surface area (Å²) >= 11 is 0. The zero-order valence-corrected chi connectivity index (χ0v) is 10.00. The third-order valence-corrected chi connectivity index (χ3v) is 2.35. The molecule has 19 heavy (non-hydrogen) atoms. The number of rotatable bonds is 4. The molecule has 0 aliphatic carbocycles. The lowest BCUT2D eigenvalue weighted by Gasteiger charge is -2.13. The van der Waals surface area contributed by atoms with Crippen molar-refractivity contribution in [3.05, 3.63) is 35.1 Å². The van der Waals surface area contributed by atoms with Crippen molar-refractivity contribution < 1.29 is 32.2 Å². The number of benzene rings is 1. The Morgan fingerprint density at radius 3 is 2.53 bits per heavy atom. The Labute approximate surface area is 106 Å². The number of carbonyl (C=O) groups is 1. The van der Waals surface area contributed by atoms with Gasteiger partial charge >= 0.3 is 12.1 Å². The normalized spacial score (nSPS) is 13.2. The van der Waals surface area contributed by atoms with E-state index in [-0.39, 0.29) is 12.2 Å². The van der Waals surface area contributed by atoms with Gasteiger partial charge in [-0.25, -0.2) is 4.39 Å². The van der Waals surface area contributed by atoms with E-state index in [9.17, 15) is 27.5 Å². The van der Waals surface area contributed by atoms with Crippen LogP contribution >= 0.6 is 0 Å². The zero-order valence-electron chi connectivity index (χ0n) is 10.00. The quantitative estimate of drug-likeness (QED) is 0.681. The van der Waals surface area contributed by atoms with E-state index in [0.29, 0.717) is 12.1 Å². The summed E-state index contributed by atoms with van der Waals surface area (Å²) in [6.45, 7) is 1.69. The smallest absolute Gasteiger partial charge is 0.419 e. The summed E-state index contributed by atoms with van der Waals surface area (Å²) in [7, 11) is 0. The Bertz CT molecular complexity index is 457. The van der Waals surface area contributed by atoms with Crippen LogP contribution in [0, 0.1) is 5.82 Å². The van der Waals surface area contributed by atoms with E-state index < -0.39 is 36.1 Å². The van der Waals surface area contributed by atoms with Crippen molar-refractivity contribution >= 4 is 5.97 Å². The lowest BCUT2D eigenvalue weighted by atomic mass is 10.0. The number of alkyl halides is 3. The topological polar surface area (TPSA) is 46.5 Å². The summed E-state index contributed by atoms with van der Waals surface area (Å²) in [5, 5.41) is 9.59. The average Bonchev–Trinajstić information content (AvgIpc) is 2.27. The minimum Gasteiger partial charge on any atom is -0.466 e. The third kappa shape index (κ3) is 4.20. The molecule has 0 saturated carbocycles. The Morgan fingerprint density at radius 1 is 1.42 bits per heavy atom. The Kier molecular flexibility index (Phi) is 4.88. The van der Waals surface area contributed by atoms with Crippen molar-refractivity contribution in [3.63, 3.8) is 0 Å². The molecule has 1 rings (SSSR count). The van der Waals surface area contributed by atoms with Crippen LogP contribution in [0.5, 0.6) is 0 Å². The summed E-state index contributed by atoms with van der Waals surface area (Å²) in [6.07, 6.45) is -6.65. The largest absolute Gasteiger partial charge is 0.466 e. The predicted molar refractivity (Wildman–Crippen MR) is 57.6 cm³/mol. The van der Waals surface area contributed by atoms with Crippen molar-refractivity contribution in [2.75, 3.05) is 6.61 Å². The number of aliphatic hydroxyl groups is 1. The van der Waals surface area contributed by atoms with Crippen molar-refractivity contribution in [2.24, 2.45) is 0 Å². The molecule has 0 aliphatic heterocycles. The molecule has 7 heteroatoms. The van der Waals surface area contributed by atoms with Gasteiger partial charge in [-0.2, -0.15) is 13.2 Å². The highest BCUT2D eigenvalue weighted by Gasteiger charge is 2.34. The number of esters is 1. The fourth-order valence-corrected chi connectivity index (χ4v) is 1.46. The predicted octanol–water partition coefficient (Wildman–Crippen LogP) is 2.83. The van der Waals surface area contributed by atoms with Crippen LogP contribution < -0.4 is 0 Å². The molecule has 0 radical (unpaired) electrons. The van der Waals surface area contributed by atoms with E-state index in [0.717, 1.165) is 6.07 Å². The first-order valence-corrected chi connectivity index (χ1v) is 5.46. The van der Waals surface area contributed by atoms with Crippen LogP contribution in [-0.4, -0.2) is 17.7 Å². The molecule has 0 heterocycles. The number of hydrogen-bond donors (Lipinski definition) is 1. The first kappa shape index (κ1) is 15.4. The monoisotopic (exact) mass is 280 g/mol. The molecule has 0 fully saturated rings. The van der Waals surface area contributed by atoms with Gasteiger partial charge in [-0.3, -0.25) is 4.79 Å². The molecule has 0 aliphatic rings. The van der Waals surface area contributed by atoms with Crippen LogP contribution in [0.15, 0.2) is 18.2 Å². The molecule has 0 amide bonds. The van der Waals surface area contributed by atoms with E-state index in [1.165, 1.54) is 0 Å². The summed E-state index contributed by atoms with van der Waals surface area (Å²) in [5.74, 6) is -2.21. The van der Waals surface area contributed by atoms with Crippen LogP contribution in [-0.2, 0) is 15.7 Å². The third-order valence-electron chi connectivity index (χ3n) is 2.35. The van der Waals surface area contributed by atoms with Gasteiger partial charge in [0, 0.05) is 0 Å². The highest BCUT2D eigenvalue weighted by Crippen LogP contribution is 2.32. The van der Waals surface area contributed by atoms with E-state index >= 15 is 0 Å². The molecule has 0 spiro atoms. The van der Waals surface area contributed by atoms with Crippen molar-refractivity contribution in [2.45, 2.75) is 25.6 Å². The van der Waals surface area contributed by atoms with Gasteiger partial charge in [0.1, 0.15) is 5.82 Å². The maximum atomic E-state index is 13.2. The molecule has 0 aromatic heterocycles. The van der Waals surface area contributed by atoms with E-state index in [2.05, 4.69) is 4.74 Å². The van der Waals surface area contributed by atoms with Crippen molar-refractivity contribution in [1.29, 1.82) is 0 Å². The molecular formula is C12H12F4O3. The standard InChI is InChI=1S/C12H12F4O3/c1-2-19-11(18)6-10(17)7-3-4-8(9(13)5-7)12(14,15)16/h3-5,10,17H,2,6H2,1H3. The molecule has 1 aromatic rings. The average molecular weight is 280 g/mol. The SMILES string of the molecule is CCOC(=O)CC(O)c1ccc(C(F)(F)F)c(F)c1. The Morgan fingerprint density at radius 2 is 2.05 bits per heavy atom. The first-order valence-electron chi connectivity index (χ1n) is 5.46. The lowest BCUT2D eigenvalue weighted by molar-refractivity contribution is -0.145. The van der Waals surface area contributed by atoms with Crippen LogP contribution in [0.25, 0.3) is 0 Å². The van der Waals surface area contributed by atoms with Crippen LogP contribution in [0.1, 0.15) is 30.6 Å². The second kappa shape index (κ2) is 6.01. The molecule has 1 aromatic carbocycles. The molecule has 0 bridgehead atoms. The van der Waals surface area contributed by atoms with Crippen LogP contribution in [0.3, 0.4) is 0 Å². The van der Waals surface area contributed by atoms with Gasteiger partial charge < -0.3 is 9.84 Å². The number of aliphatic hydroxyl groups excluding tert-OH is 1.